The van der Waals surface area contributed by atoms with Crippen molar-refractivity contribution >= 4 is 52.2 Å². The Morgan fingerprint density at radius 2 is 1.55 bits per heavy atom. The second-order valence-corrected chi connectivity index (χ2v) is 8.88. The van der Waals surface area contributed by atoms with Crippen LogP contribution in [0.2, 0.25) is 5.02 Å². The second-order valence-electron chi connectivity index (χ2n) is 7.41. The number of urea groups is 1. The molecule has 0 radical (unpaired) electrons. The molecule has 3 rings (SSSR count). The molecule has 3 amide bonds. The zero-order valence-corrected chi connectivity index (χ0v) is 19.8. The quantitative estimate of drug-likeness (QED) is 0.405. The number of nitrogens with one attached hydrogen (secondary N) is 3. The molecule has 0 saturated heterocycles. The Kier molecular flexibility index (Phi) is 8.02. The van der Waals surface area contributed by atoms with Crippen molar-refractivity contribution in [2.24, 2.45) is 5.92 Å². The van der Waals surface area contributed by atoms with Gasteiger partial charge in [0.15, 0.2) is 5.01 Å². The van der Waals surface area contributed by atoms with Gasteiger partial charge in [0.2, 0.25) is 0 Å². The fourth-order valence-corrected chi connectivity index (χ4v) is 3.84. The summed E-state index contributed by atoms with van der Waals surface area (Å²) in [4.78, 5) is 41.5. The van der Waals surface area contributed by atoms with Gasteiger partial charge >= 0.3 is 12.0 Å². The van der Waals surface area contributed by atoms with Crippen LogP contribution < -0.4 is 16.0 Å². The lowest BCUT2D eigenvalue weighted by Crippen LogP contribution is -2.44. The number of hydrogen-bond donors (Lipinski definition) is 3. The average molecular weight is 487 g/mol. The average Bonchev–Trinajstić information content (AvgIpc) is 3.29. The molecule has 1 heterocycles. The second kappa shape index (κ2) is 10.9. The van der Waals surface area contributed by atoms with Crippen LogP contribution in [0.1, 0.15) is 23.6 Å². The molecule has 172 valence electrons. The summed E-state index contributed by atoms with van der Waals surface area (Å²) < 4.78 is 4.75. The number of carbonyl (C=O) groups excluding carboxylic acids is 3. The Hall–Kier alpha value is -3.43. The maximum Gasteiger partial charge on any atom is 0.328 e. The first-order valence-corrected chi connectivity index (χ1v) is 11.2. The van der Waals surface area contributed by atoms with Gasteiger partial charge < -0.3 is 20.7 Å². The minimum Gasteiger partial charge on any atom is -0.467 e. The summed E-state index contributed by atoms with van der Waals surface area (Å²) in [5.74, 6) is -1.07. The van der Waals surface area contributed by atoms with Crippen LogP contribution in [0.4, 0.5) is 16.2 Å². The lowest BCUT2D eigenvalue weighted by molar-refractivity contribution is -0.144. The van der Waals surface area contributed by atoms with E-state index in [0.29, 0.717) is 16.4 Å². The van der Waals surface area contributed by atoms with Gasteiger partial charge in [0.1, 0.15) is 6.04 Å². The van der Waals surface area contributed by atoms with Crippen molar-refractivity contribution in [1.29, 1.82) is 0 Å². The summed E-state index contributed by atoms with van der Waals surface area (Å²) in [5, 5.41) is 8.97. The van der Waals surface area contributed by atoms with E-state index in [1.165, 1.54) is 18.4 Å². The van der Waals surface area contributed by atoms with Crippen molar-refractivity contribution in [3.05, 3.63) is 64.8 Å². The van der Waals surface area contributed by atoms with Crippen molar-refractivity contribution in [1.82, 2.24) is 10.3 Å². The van der Waals surface area contributed by atoms with Gasteiger partial charge in [-0.25, -0.2) is 14.6 Å². The van der Waals surface area contributed by atoms with Gasteiger partial charge in [0.25, 0.3) is 5.91 Å². The number of anilines is 2. The molecule has 0 spiro atoms. The molecule has 0 aliphatic heterocycles. The third-order valence-corrected chi connectivity index (χ3v) is 5.93. The van der Waals surface area contributed by atoms with E-state index < -0.39 is 17.9 Å². The first-order valence-electron chi connectivity index (χ1n) is 10.1. The van der Waals surface area contributed by atoms with Gasteiger partial charge in [0.05, 0.1) is 12.0 Å². The van der Waals surface area contributed by atoms with Crippen LogP contribution in [0.15, 0.2) is 54.7 Å². The zero-order chi connectivity index (χ0) is 24.0. The first-order chi connectivity index (χ1) is 15.8. The summed E-state index contributed by atoms with van der Waals surface area (Å²) >= 11 is 7.05. The van der Waals surface area contributed by atoms with Crippen molar-refractivity contribution in [2.75, 3.05) is 17.7 Å². The van der Waals surface area contributed by atoms with E-state index in [1.54, 1.807) is 42.6 Å². The highest BCUT2D eigenvalue weighted by Gasteiger charge is 2.26. The summed E-state index contributed by atoms with van der Waals surface area (Å²) in [6, 6.07) is 12.8. The summed E-state index contributed by atoms with van der Waals surface area (Å²) in [6.45, 7) is 3.64. The smallest absolute Gasteiger partial charge is 0.328 e. The highest BCUT2D eigenvalue weighted by molar-refractivity contribution is 7.17. The van der Waals surface area contributed by atoms with Gasteiger partial charge in [-0.3, -0.25) is 4.79 Å². The van der Waals surface area contributed by atoms with Crippen LogP contribution in [0.5, 0.6) is 0 Å². The number of thiazole rings is 1. The predicted molar refractivity (Wildman–Crippen MR) is 130 cm³/mol. The molecule has 0 fully saturated rings. The molecule has 1 atom stereocenters. The molecule has 3 N–H and O–H groups in total. The van der Waals surface area contributed by atoms with Crippen LogP contribution >= 0.6 is 22.9 Å². The number of benzene rings is 2. The van der Waals surface area contributed by atoms with E-state index in [0.717, 1.165) is 10.4 Å². The lowest BCUT2D eigenvalue weighted by Gasteiger charge is -2.18. The molecular formula is C23H23ClN4O4S. The van der Waals surface area contributed by atoms with Gasteiger partial charge in [-0.1, -0.05) is 37.6 Å². The molecule has 2 aromatic carbocycles. The number of aromatic nitrogens is 1. The van der Waals surface area contributed by atoms with Gasteiger partial charge in [0, 0.05) is 22.6 Å². The predicted octanol–water partition coefficient (Wildman–Crippen LogP) is 5.03. The van der Waals surface area contributed by atoms with Crippen molar-refractivity contribution in [3.63, 3.8) is 0 Å². The molecule has 0 aliphatic carbocycles. The molecular weight excluding hydrogens is 464 g/mol. The maximum atomic E-state index is 12.5. The standard InChI is InChI=1S/C23H23ClN4O4S/c1-13(2)19(22(30)32-3)28-20(29)21-25-12-18(33-21)14-4-8-16(9-5-14)26-23(31)27-17-10-6-15(24)7-11-17/h4-13,19H,1-3H3,(H,28,29)(H2,26,27,31). The third kappa shape index (κ3) is 6.53. The Morgan fingerprint density at radius 1 is 0.970 bits per heavy atom. The third-order valence-electron chi connectivity index (χ3n) is 4.64. The van der Waals surface area contributed by atoms with Crippen molar-refractivity contribution < 1.29 is 19.1 Å². The molecule has 3 aromatic rings. The molecule has 1 aromatic heterocycles. The van der Waals surface area contributed by atoms with E-state index >= 15 is 0 Å². The number of amides is 3. The zero-order valence-electron chi connectivity index (χ0n) is 18.2. The molecule has 10 heteroatoms. The number of nitrogens with zero attached hydrogens (tertiary/aromatic N) is 1. The molecule has 8 nitrogen and oxygen atoms in total. The van der Waals surface area contributed by atoms with Gasteiger partial charge in [-0.05, 0) is 47.9 Å². The van der Waals surface area contributed by atoms with Gasteiger partial charge in [-0.15, -0.1) is 11.3 Å². The van der Waals surface area contributed by atoms with Crippen LogP contribution in [0.3, 0.4) is 0 Å². The van der Waals surface area contributed by atoms with Crippen LogP contribution in [-0.2, 0) is 9.53 Å². The van der Waals surface area contributed by atoms with E-state index in [2.05, 4.69) is 20.9 Å². The van der Waals surface area contributed by atoms with E-state index in [9.17, 15) is 14.4 Å². The minimum atomic E-state index is -0.751. The summed E-state index contributed by atoms with van der Waals surface area (Å²) in [7, 11) is 1.28. The Bertz CT molecular complexity index is 1130. The number of rotatable bonds is 7. The minimum absolute atomic E-state index is 0.127. The highest BCUT2D eigenvalue weighted by atomic mass is 35.5. The Morgan fingerprint density at radius 3 is 2.09 bits per heavy atom. The largest absolute Gasteiger partial charge is 0.467 e. The molecule has 0 saturated carbocycles. The van der Waals surface area contributed by atoms with Crippen LogP contribution in [0.25, 0.3) is 10.4 Å². The fourth-order valence-electron chi connectivity index (χ4n) is 2.88. The van der Waals surface area contributed by atoms with E-state index in [4.69, 9.17) is 16.3 Å². The first kappa shape index (κ1) is 24.2. The van der Waals surface area contributed by atoms with Crippen LogP contribution in [-0.4, -0.2) is 36.0 Å². The van der Waals surface area contributed by atoms with Crippen LogP contribution in [0, 0.1) is 5.92 Å². The Labute approximate surface area is 200 Å². The molecule has 0 aliphatic rings. The van der Waals surface area contributed by atoms with Crippen molar-refractivity contribution in [2.45, 2.75) is 19.9 Å². The summed E-state index contributed by atoms with van der Waals surface area (Å²) in [6.07, 6.45) is 1.60. The maximum absolute atomic E-state index is 12.5. The number of methoxy groups -OCH3 is 1. The normalized spacial score (nSPS) is 11.5. The van der Waals surface area contributed by atoms with E-state index in [1.807, 2.05) is 26.0 Å². The van der Waals surface area contributed by atoms with E-state index in [-0.39, 0.29) is 17.0 Å². The highest BCUT2D eigenvalue weighted by Crippen LogP contribution is 2.27. The SMILES string of the molecule is COC(=O)C(NC(=O)c1ncc(-c2ccc(NC(=O)Nc3ccc(Cl)cc3)cc2)s1)C(C)C. The number of hydrogen-bond acceptors (Lipinski definition) is 6. The lowest BCUT2D eigenvalue weighted by atomic mass is 10.0. The molecule has 33 heavy (non-hydrogen) atoms. The topological polar surface area (TPSA) is 109 Å². The fraction of sp³-hybridized carbons (Fsp3) is 0.217. The number of esters is 1. The Balaban J connectivity index is 1.62. The van der Waals surface area contributed by atoms with Crippen molar-refractivity contribution in [3.8, 4) is 10.4 Å². The number of carbonyl (C=O) groups is 3. The molecule has 1 unspecified atom stereocenters. The number of halogens is 1. The molecule has 0 bridgehead atoms. The number of ether oxygens (including phenoxy) is 1. The van der Waals surface area contributed by atoms with Gasteiger partial charge in [-0.2, -0.15) is 0 Å². The monoisotopic (exact) mass is 486 g/mol. The summed E-state index contributed by atoms with van der Waals surface area (Å²) in [5.41, 5.74) is 2.06.